The number of aromatic amines is 1. The second-order valence-electron chi connectivity index (χ2n) is 1.67. The van der Waals surface area contributed by atoms with Gasteiger partial charge < -0.3 is 0 Å². The molecule has 1 nitrogen and oxygen atoms in total. The van der Waals surface area contributed by atoms with Gasteiger partial charge in [0.15, 0.2) is 6.20 Å². The monoisotopic (exact) mass is 172 g/mol. The standard InChI is InChI=1S/C6H6BrN/c1-5-3-2-4-8-6(5)7/h2-4H,1H3/p+1. The van der Waals surface area contributed by atoms with Crippen molar-refractivity contribution >= 4 is 15.9 Å². The number of hydrogen-bond donors (Lipinski definition) is 0. The van der Waals surface area contributed by atoms with Gasteiger partial charge in [0.1, 0.15) is 0 Å². The van der Waals surface area contributed by atoms with Crippen LogP contribution < -0.4 is 4.98 Å². The van der Waals surface area contributed by atoms with Crippen LogP contribution in [0.2, 0.25) is 0 Å². The first-order valence-corrected chi connectivity index (χ1v) is 3.23. The Bertz CT molecular complexity index is 165. The van der Waals surface area contributed by atoms with E-state index in [4.69, 9.17) is 0 Å². The molecule has 0 radical (unpaired) electrons. The van der Waals surface area contributed by atoms with E-state index >= 15 is 0 Å². The molecule has 0 aromatic carbocycles. The zero-order valence-corrected chi connectivity index (χ0v) is 6.20. The van der Waals surface area contributed by atoms with Gasteiger partial charge in [0.05, 0.1) is 0 Å². The van der Waals surface area contributed by atoms with Crippen LogP contribution in [0.1, 0.15) is 5.56 Å². The number of rotatable bonds is 0. The predicted octanol–water partition coefficient (Wildman–Crippen LogP) is 1.57. The van der Waals surface area contributed by atoms with Crippen molar-refractivity contribution in [3.63, 3.8) is 0 Å². The summed E-state index contributed by atoms with van der Waals surface area (Å²) in [6.07, 6.45) is 1.89. The van der Waals surface area contributed by atoms with Crippen molar-refractivity contribution < 1.29 is 4.98 Å². The molecule has 0 amide bonds. The third kappa shape index (κ3) is 1.07. The highest BCUT2D eigenvalue weighted by Crippen LogP contribution is 2.05. The number of aryl methyl sites for hydroxylation is 1. The maximum Gasteiger partial charge on any atom is 0.249 e. The molecule has 1 rings (SSSR count). The van der Waals surface area contributed by atoms with Crippen LogP contribution in [0.25, 0.3) is 0 Å². The van der Waals surface area contributed by atoms with Gasteiger partial charge in [0.25, 0.3) is 0 Å². The summed E-state index contributed by atoms with van der Waals surface area (Å²) in [5.41, 5.74) is 1.23. The Kier molecular flexibility index (Phi) is 1.63. The summed E-state index contributed by atoms with van der Waals surface area (Å²) in [6, 6.07) is 4.01. The predicted molar refractivity (Wildman–Crippen MR) is 35.4 cm³/mol. The molecule has 2 heteroatoms. The Morgan fingerprint density at radius 1 is 1.62 bits per heavy atom. The molecule has 8 heavy (non-hydrogen) atoms. The normalized spacial score (nSPS) is 9.25. The van der Waals surface area contributed by atoms with E-state index in [1.807, 2.05) is 25.3 Å². The van der Waals surface area contributed by atoms with Gasteiger partial charge in [0.2, 0.25) is 4.60 Å². The zero-order chi connectivity index (χ0) is 5.98. The second kappa shape index (κ2) is 2.27. The maximum atomic E-state index is 3.34. The topological polar surface area (TPSA) is 14.1 Å². The molecule has 0 bridgehead atoms. The van der Waals surface area contributed by atoms with E-state index in [0.717, 1.165) is 4.60 Å². The summed E-state index contributed by atoms with van der Waals surface area (Å²) in [6.45, 7) is 2.04. The lowest BCUT2D eigenvalue weighted by molar-refractivity contribution is -0.392. The zero-order valence-electron chi connectivity index (χ0n) is 4.61. The molecule has 0 aliphatic heterocycles. The fourth-order valence-corrected chi connectivity index (χ4v) is 0.765. The third-order valence-electron chi connectivity index (χ3n) is 0.999. The van der Waals surface area contributed by atoms with Crippen LogP contribution in [-0.2, 0) is 0 Å². The van der Waals surface area contributed by atoms with Gasteiger partial charge in [-0.1, -0.05) is 0 Å². The van der Waals surface area contributed by atoms with Crippen molar-refractivity contribution in [1.82, 2.24) is 0 Å². The Morgan fingerprint density at radius 3 is 2.75 bits per heavy atom. The summed E-state index contributed by atoms with van der Waals surface area (Å²) in [7, 11) is 0. The molecule has 1 heterocycles. The number of halogens is 1. The van der Waals surface area contributed by atoms with Crippen LogP contribution in [0.4, 0.5) is 0 Å². The van der Waals surface area contributed by atoms with Gasteiger partial charge in [-0.05, 0) is 13.0 Å². The van der Waals surface area contributed by atoms with Crippen LogP contribution in [0.3, 0.4) is 0 Å². The highest BCUT2D eigenvalue weighted by molar-refractivity contribution is 9.10. The minimum atomic E-state index is 1.06. The molecule has 0 fully saturated rings. The van der Waals surface area contributed by atoms with E-state index < -0.39 is 0 Å². The lowest BCUT2D eigenvalue weighted by Gasteiger charge is -1.83. The van der Waals surface area contributed by atoms with Crippen molar-refractivity contribution in [2.24, 2.45) is 0 Å². The number of pyridine rings is 1. The van der Waals surface area contributed by atoms with Crippen LogP contribution in [0.15, 0.2) is 22.9 Å². The Hall–Kier alpha value is -0.370. The lowest BCUT2D eigenvalue weighted by Crippen LogP contribution is -2.02. The summed E-state index contributed by atoms with van der Waals surface area (Å²) < 4.78 is 1.06. The van der Waals surface area contributed by atoms with Crippen LogP contribution in [0.5, 0.6) is 0 Å². The molecule has 0 spiro atoms. The highest BCUT2D eigenvalue weighted by atomic mass is 79.9. The summed E-state index contributed by atoms with van der Waals surface area (Å²) in [5.74, 6) is 0. The van der Waals surface area contributed by atoms with Gasteiger partial charge in [-0.3, -0.25) is 0 Å². The SMILES string of the molecule is Cc1ccc[nH+]c1Br. The molecule has 1 aromatic heterocycles. The molecule has 1 N–H and O–H groups in total. The van der Waals surface area contributed by atoms with Crippen LogP contribution in [0, 0.1) is 6.92 Å². The van der Waals surface area contributed by atoms with Crippen molar-refractivity contribution in [1.29, 1.82) is 0 Å². The molecule has 42 valence electrons. The van der Waals surface area contributed by atoms with Crippen molar-refractivity contribution in [2.45, 2.75) is 6.92 Å². The summed E-state index contributed by atoms with van der Waals surface area (Å²) in [4.78, 5) is 3.02. The molecule has 1 aromatic rings. The van der Waals surface area contributed by atoms with E-state index in [-0.39, 0.29) is 0 Å². The van der Waals surface area contributed by atoms with E-state index in [0.29, 0.717) is 0 Å². The van der Waals surface area contributed by atoms with Gasteiger partial charge in [-0.2, -0.15) is 0 Å². The van der Waals surface area contributed by atoms with Gasteiger partial charge in [-0.15, -0.1) is 0 Å². The summed E-state index contributed by atoms with van der Waals surface area (Å²) in [5, 5.41) is 0. The van der Waals surface area contributed by atoms with Crippen molar-refractivity contribution in [3.8, 4) is 0 Å². The minimum Gasteiger partial charge on any atom is -0.205 e. The smallest absolute Gasteiger partial charge is 0.205 e. The minimum absolute atomic E-state index is 1.06. The largest absolute Gasteiger partial charge is 0.249 e. The van der Waals surface area contributed by atoms with E-state index in [1.54, 1.807) is 0 Å². The fraction of sp³-hybridized carbons (Fsp3) is 0.167. The van der Waals surface area contributed by atoms with Crippen molar-refractivity contribution in [3.05, 3.63) is 28.5 Å². The second-order valence-corrected chi connectivity index (χ2v) is 2.46. The molecular formula is C6H7BrN+. The van der Waals surface area contributed by atoms with E-state index in [2.05, 4.69) is 20.9 Å². The molecular weight excluding hydrogens is 166 g/mol. The van der Waals surface area contributed by atoms with Crippen LogP contribution >= 0.6 is 15.9 Å². The maximum absolute atomic E-state index is 3.34. The Balaban J connectivity index is 3.13. The van der Waals surface area contributed by atoms with Crippen LogP contribution in [-0.4, -0.2) is 0 Å². The molecule has 0 aliphatic carbocycles. The average Bonchev–Trinajstić information content (AvgIpc) is 1.77. The molecule has 0 saturated heterocycles. The fourth-order valence-electron chi connectivity index (χ4n) is 0.501. The third-order valence-corrected chi connectivity index (χ3v) is 1.85. The first-order chi connectivity index (χ1) is 3.80. The summed E-state index contributed by atoms with van der Waals surface area (Å²) >= 11 is 3.34. The van der Waals surface area contributed by atoms with Gasteiger partial charge >= 0.3 is 0 Å². The first-order valence-electron chi connectivity index (χ1n) is 2.43. The highest BCUT2D eigenvalue weighted by Gasteiger charge is 1.95. The number of H-pyrrole nitrogens is 1. The number of nitrogens with one attached hydrogen (secondary N) is 1. The lowest BCUT2D eigenvalue weighted by atomic mass is 10.3. The van der Waals surface area contributed by atoms with Gasteiger partial charge in [-0.25, -0.2) is 4.98 Å². The number of aromatic nitrogens is 1. The van der Waals surface area contributed by atoms with E-state index in [9.17, 15) is 0 Å². The number of hydrogen-bond acceptors (Lipinski definition) is 0. The molecule has 0 atom stereocenters. The molecule has 0 aliphatic rings. The average molecular weight is 173 g/mol. The molecule has 0 saturated carbocycles. The van der Waals surface area contributed by atoms with E-state index in [1.165, 1.54) is 5.56 Å². The Labute approximate surface area is 56.9 Å². The quantitative estimate of drug-likeness (QED) is 0.528. The van der Waals surface area contributed by atoms with Crippen molar-refractivity contribution in [2.75, 3.05) is 0 Å². The molecule has 0 unspecified atom stereocenters. The Morgan fingerprint density at radius 2 is 2.38 bits per heavy atom. The first kappa shape index (κ1) is 5.76. The van der Waals surface area contributed by atoms with Gasteiger partial charge in [0, 0.05) is 27.6 Å².